The summed E-state index contributed by atoms with van der Waals surface area (Å²) >= 11 is 9.30. The smallest absolute Gasteiger partial charge is 0.253 e. The molecule has 0 aromatic rings. The molecule has 0 aromatic carbocycles. The first-order valence-corrected chi connectivity index (χ1v) is 5.56. The Morgan fingerprint density at radius 1 is 1.13 bits per heavy atom. The van der Waals surface area contributed by atoms with Gasteiger partial charge in [-0.2, -0.15) is 0 Å². The molecule has 0 spiro atoms. The molecular formula is C9H18N2O2S2. The second-order valence-corrected chi connectivity index (χ2v) is 4.58. The molecule has 0 radical (unpaired) electrons. The van der Waals surface area contributed by atoms with Gasteiger partial charge in [0.1, 0.15) is 0 Å². The largest absolute Gasteiger partial charge is 0.470 e. The molecule has 6 heteroatoms. The van der Waals surface area contributed by atoms with Gasteiger partial charge >= 0.3 is 0 Å². The van der Waals surface area contributed by atoms with E-state index in [4.69, 9.17) is 20.9 Å². The Bertz CT molecular complexity index is 216. The van der Waals surface area contributed by atoms with E-state index in [1.54, 1.807) is 0 Å². The van der Waals surface area contributed by atoms with Crippen LogP contribution < -0.4 is 11.5 Å². The summed E-state index contributed by atoms with van der Waals surface area (Å²) in [5.41, 5.74) is 10.4. The minimum atomic E-state index is -0.165. The van der Waals surface area contributed by atoms with Crippen molar-refractivity contribution in [3.8, 4) is 0 Å². The minimum absolute atomic E-state index is 0.0488. The van der Waals surface area contributed by atoms with Crippen LogP contribution in [0.25, 0.3) is 0 Å². The van der Waals surface area contributed by atoms with Gasteiger partial charge in [0.25, 0.3) is 10.3 Å². The monoisotopic (exact) mass is 250 g/mol. The Morgan fingerprint density at radius 2 is 1.53 bits per heavy atom. The summed E-state index contributed by atoms with van der Waals surface area (Å²) in [6.45, 7) is 4.93. The van der Waals surface area contributed by atoms with Crippen molar-refractivity contribution in [1.29, 1.82) is 0 Å². The van der Waals surface area contributed by atoms with Gasteiger partial charge in [-0.3, -0.25) is 0 Å². The summed E-state index contributed by atoms with van der Waals surface area (Å²) in [6.07, 6.45) is 1.94. The highest BCUT2D eigenvalue weighted by atomic mass is 32.1. The Morgan fingerprint density at radius 3 is 1.80 bits per heavy atom. The molecule has 0 amide bonds. The van der Waals surface area contributed by atoms with Crippen LogP contribution in [-0.4, -0.2) is 23.6 Å². The van der Waals surface area contributed by atoms with E-state index in [9.17, 15) is 0 Å². The minimum Gasteiger partial charge on any atom is -0.470 e. The lowest BCUT2D eigenvalue weighted by atomic mass is 9.87. The van der Waals surface area contributed by atoms with Gasteiger partial charge in [-0.25, -0.2) is 0 Å². The van der Waals surface area contributed by atoms with Crippen molar-refractivity contribution in [2.75, 3.05) is 13.2 Å². The van der Waals surface area contributed by atoms with E-state index in [1.165, 1.54) is 0 Å². The van der Waals surface area contributed by atoms with Gasteiger partial charge in [-0.15, -0.1) is 0 Å². The first-order chi connectivity index (χ1) is 6.89. The molecule has 0 atom stereocenters. The highest BCUT2D eigenvalue weighted by molar-refractivity contribution is 7.80. The van der Waals surface area contributed by atoms with Crippen molar-refractivity contribution < 1.29 is 9.47 Å². The molecule has 0 saturated carbocycles. The summed E-state index contributed by atoms with van der Waals surface area (Å²) in [5.74, 6) is 0. The predicted octanol–water partition coefficient (Wildman–Crippen LogP) is 1.31. The van der Waals surface area contributed by atoms with Crippen molar-refractivity contribution in [3.63, 3.8) is 0 Å². The highest BCUT2D eigenvalue weighted by Crippen LogP contribution is 2.24. The third-order valence-electron chi connectivity index (χ3n) is 1.98. The fourth-order valence-corrected chi connectivity index (χ4v) is 1.40. The maximum atomic E-state index is 5.27. The fraction of sp³-hybridized carbons (Fsp3) is 0.778. The molecule has 0 aliphatic carbocycles. The molecule has 0 fully saturated rings. The second-order valence-electron chi connectivity index (χ2n) is 3.78. The Balaban J connectivity index is 4.17. The normalized spacial score (nSPS) is 10.8. The number of nitrogens with two attached hydrogens (primary N) is 2. The third-order valence-corrected chi connectivity index (χ3v) is 2.22. The molecule has 0 heterocycles. The van der Waals surface area contributed by atoms with Crippen LogP contribution >= 0.6 is 24.4 Å². The lowest BCUT2D eigenvalue weighted by Gasteiger charge is -2.28. The maximum absolute atomic E-state index is 5.27. The van der Waals surface area contributed by atoms with Gasteiger partial charge in [-0.05, 0) is 30.9 Å². The first kappa shape index (κ1) is 14.4. The van der Waals surface area contributed by atoms with Crippen molar-refractivity contribution in [2.24, 2.45) is 16.9 Å². The highest BCUT2D eigenvalue weighted by Gasteiger charge is 2.26. The van der Waals surface area contributed by atoms with Crippen molar-refractivity contribution in [3.05, 3.63) is 0 Å². The predicted molar refractivity (Wildman–Crippen MR) is 68.5 cm³/mol. The summed E-state index contributed by atoms with van der Waals surface area (Å²) < 4.78 is 10.3. The van der Waals surface area contributed by atoms with Gasteiger partial charge in [0.05, 0.1) is 13.2 Å². The fourth-order valence-electron chi connectivity index (χ4n) is 1.28. The molecule has 0 aliphatic rings. The van der Waals surface area contributed by atoms with Crippen LogP contribution in [0, 0.1) is 5.41 Å². The molecule has 0 saturated heterocycles. The van der Waals surface area contributed by atoms with Crippen LogP contribution in [0.5, 0.6) is 0 Å². The Hall–Kier alpha value is -0.620. The number of thiocarbonyl (C=S) groups is 2. The van der Waals surface area contributed by atoms with Crippen molar-refractivity contribution in [2.45, 2.75) is 26.7 Å². The Labute approximate surface area is 101 Å². The number of hydrogen-bond donors (Lipinski definition) is 2. The molecule has 0 bridgehead atoms. The quantitative estimate of drug-likeness (QED) is 0.693. The lowest BCUT2D eigenvalue weighted by molar-refractivity contribution is 0.0763. The van der Waals surface area contributed by atoms with E-state index in [-0.39, 0.29) is 15.8 Å². The van der Waals surface area contributed by atoms with Crippen LogP contribution in [0.2, 0.25) is 0 Å². The van der Waals surface area contributed by atoms with Crippen LogP contribution in [-0.2, 0) is 9.47 Å². The van der Waals surface area contributed by atoms with Gasteiger partial charge in [0.2, 0.25) is 0 Å². The average molecular weight is 250 g/mol. The van der Waals surface area contributed by atoms with Gasteiger partial charge in [0, 0.05) is 5.41 Å². The molecule has 4 nitrogen and oxygen atoms in total. The van der Waals surface area contributed by atoms with Crippen LogP contribution in [0.15, 0.2) is 0 Å². The standard InChI is InChI=1S/C9H18N2O2S2/c1-3-4-9(2,5-12-7(10)14)6-13-8(11)15/h3-6H2,1-2H3,(H2,10,14)(H2,11,15). The van der Waals surface area contributed by atoms with Crippen molar-refractivity contribution >= 4 is 34.8 Å². The SMILES string of the molecule is CCCC(C)(COC(N)=S)COC(N)=S. The molecule has 0 unspecified atom stereocenters. The summed E-state index contributed by atoms with van der Waals surface area (Å²) in [4.78, 5) is 0. The van der Waals surface area contributed by atoms with E-state index < -0.39 is 0 Å². The molecule has 0 aromatic heterocycles. The molecule has 0 aliphatic heterocycles. The second kappa shape index (κ2) is 6.79. The van der Waals surface area contributed by atoms with E-state index in [0.29, 0.717) is 13.2 Å². The van der Waals surface area contributed by atoms with E-state index in [1.807, 2.05) is 6.92 Å². The molecule has 15 heavy (non-hydrogen) atoms. The number of ether oxygens (including phenoxy) is 2. The molecule has 4 N–H and O–H groups in total. The number of hydrogen-bond acceptors (Lipinski definition) is 4. The average Bonchev–Trinajstić information content (AvgIpc) is 2.13. The summed E-state index contributed by atoms with van der Waals surface area (Å²) in [7, 11) is 0. The molecule has 88 valence electrons. The zero-order valence-corrected chi connectivity index (χ0v) is 10.7. The van der Waals surface area contributed by atoms with E-state index in [2.05, 4.69) is 31.4 Å². The Kier molecular flexibility index (Phi) is 6.51. The van der Waals surface area contributed by atoms with E-state index in [0.717, 1.165) is 12.8 Å². The third kappa shape index (κ3) is 7.33. The maximum Gasteiger partial charge on any atom is 0.253 e. The van der Waals surface area contributed by atoms with Crippen LogP contribution in [0.1, 0.15) is 26.7 Å². The zero-order chi connectivity index (χ0) is 11.9. The topological polar surface area (TPSA) is 70.5 Å². The van der Waals surface area contributed by atoms with Crippen LogP contribution in [0.4, 0.5) is 0 Å². The van der Waals surface area contributed by atoms with E-state index >= 15 is 0 Å². The van der Waals surface area contributed by atoms with Gasteiger partial charge in [-0.1, -0.05) is 20.3 Å². The zero-order valence-electron chi connectivity index (χ0n) is 9.12. The first-order valence-electron chi connectivity index (χ1n) is 4.74. The number of rotatable bonds is 6. The summed E-state index contributed by atoms with van der Waals surface area (Å²) in [6, 6.07) is 0. The molecular weight excluding hydrogens is 232 g/mol. The lowest BCUT2D eigenvalue weighted by Crippen LogP contribution is -2.33. The van der Waals surface area contributed by atoms with Gasteiger partial charge < -0.3 is 20.9 Å². The van der Waals surface area contributed by atoms with Crippen LogP contribution in [0.3, 0.4) is 0 Å². The molecule has 0 rings (SSSR count). The van der Waals surface area contributed by atoms with Gasteiger partial charge in [0.15, 0.2) is 0 Å². The summed E-state index contributed by atoms with van der Waals surface area (Å²) in [5, 5.41) is 0.0975. The van der Waals surface area contributed by atoms with Crippen molar-refractivity contribution in [1.82, 2.24) is 0 Å².